The zero-order valence-electron chi connectivity index (χ0n) is 12.1. The van der Waals surface area contributed by atoms with Crippen LogP contribution >= 0.6 is 11.3 Å². The van der Waals surface area contributed by atoms with Crippen LogP contribution in [0.2, 0.25) is 0 Å². The smallest absolute Gasteiger partial charge is 0.134 e. The first-order valence-electron chi connectivity index (χ1n) is 7.39. The maximum atomic E-state index is 4.46. The summed E-state index contributed by atoms with van der Waals surface area (Å²) in [6, 6.07) is 9.14. The predicted molar refractivity (Wildman–Crippen MR) is 83.2 cm³/mol. The number of aromatic nitrogens is 2. The van der Waals surface area contributed by atoms with Gasteiger partial charge in [0.05, 0.1) is 6.04 Å². The molecule has 0 amide bonds. The van der Waals surface area contributed by atoms with Crippen molar-refractivity contribution in [2.75, 3.05) is 7.05 Å². The van der Waals surface area contributed by atoms with Crippen LogP contribution in [0.4, 0.5) is 0 Å². The molecule has 2 unspecified atom stereocenters. The number of hydrogen-bond donors (Lipinski definition) is 1. The molecule has 1 aliphatic rings. The molecule has 3 rings (SSSR count). The number of hydrogen-bond acceptors (Lipinski definition) is 4. The zero-order chi connectivity index (χ0) is 13.9. The minimum Gasteiger partial charge on any atom is -0.311 e. The molecule has 0 bridgehead atoms. The molecule has 0 fully saturated rings. The molecule has 1 aromatic carbocycles. The van der Waals surface area contributed by atoms with Crippen molar-refractivity contribution in [1.82, 2.24) is 15.5 Å². The highest BCUT2D eigenvalue weighted by Gasteiger charge is 2.24. The first-order chi connectivity index (χ1) is 9.81. The van der Waals surface area contributed by atoms with E-state index in [9.17, 15) is 0 Å². The second-order valence-electron chi connectivity index (χ2n) is 5.44. The lowest BCUT2D eigenvalue weighted by atomic mass is 9.84. The summed E-state index contributed by atoms with van der Waals surface area (Å²) in [5.41, 5.74) is 3.00. The van der Waals surface area contributed by atoms with Crippen LogP contribution in [-0.2, 0) is 12.8 Å². The third-order valence-electron chi connectivity index (χ3n) is 4.21. The Bertz CT molecular complexity index is 575. The summed E-state index contributed by atoms with van der Waals surface area (Å²) < 4.78 is 0. The van der Waals surface area contributed by atoms with Crippen molar-refractivity contribution in [2.45, 2.75) is 44.6 Å². The Morgan fingerprint density at radius 3 is 2.85 bits per heavy atom. The molecule has 1 N–H and O–H groups in total. The van der Waals surface area contributed by atoms with Crippen LogP contribution in [-0.4, -0.2) is 17.2 Å². The van der Waals surface area contributed by atoms with Gasteiger partial charge in [0.25, 0.3) is 0 Å². The van der Waals surface area contributed by atoms with Crippen molar-refractivity contribution in [3.8, 4) is 0 Å². The summed E-state index contributed by atoms with van der Waals surface area (Å²) in [5, 5.41) is 14.5. The molecule has 2 aromatic rings. The molecule has 20 heavy (non-hydrogen) atoms. The molecule has 0 radical (unpaired) electrons. The van der Waals surface area contributed by atoms with Gasteiger partial charge in [0.2, 0.25) is 0 Å². The fraction of sp³-hybridized carbons (Fsp3) is 0.500. The molecule has 0 aliphatic heterocycles. The average Bonchev–Trinajstić information content (AvgIpc) is 2.98. The minimum absolute atomic E-state index is 0.345. The predicted octanol–water partition coefficient (Wildman–Crippen LogP) is 3.48. The number of aryl methyl sites for hydroxylation is 1. The van der Waals surface area contributed by atoms with Crippen molar-refractivity contribution in [3.05, 3.63) is 45.4 Å². The lowest BCUT2D eigenvalue weighted by Crippen LogP contribution is -2.14. The van der Waals surface area contributed by atoms with E-state index in [-0.39, 0.29) is 0 Å². The van der Waals surface area contributed by atoms with E-state index in [1.54, 1.807) is 11.3 Å². The summed E-state index contributed by atoms with van der Waals surface area (Å²) in [6.45, 7) is 2.18. The number of fused-ring (bicyclic) bond motifs is 1. The Labute approximate surface area is 124 Å². The van der Waals surface area contributed by atoms with E-state index in [0.717, 1.165) is 17.8 Å². The fourth-order valence-electron chi connectivity index (χ4n) is 2.96. The van der Waals surface area contributed by atoms with Gasteiger partial charge in [0.1, 0.15) is 10.0 Å². The summed E-state index contributed by atoms with van der Waals surface area (Å²) in [4.78, 5) is 0. The van der Waals surface area contributed by atoms with Crippen molar-refractivity contribution < 1.29 is 0 Å². The molecule has 2 atom stereocenters. The highest BCUT2D eigenvalue weighted by atomic mass is 32.1. The summed E-state index contributed by atoms with van der Waals surface area (Å²) in [7, 11) is 1.99. The maximum Gasteiger partial charge on any atom is 0.134 e. The van der Waals surface area contributed by atoms with Gasteiger partial charge in [-0.15, -0.1) is 10.2 Å². The van der Waals surface area contributed by atoms with E-state index in [0.29, 0.717) is 12.0 Å². The SMILES string of the molecule is CCC(NC)c1nnc(C2CCc3ccccc3C2)s1. The van der Waals surface area contributed by atoms with Crippen LogP contribution in [0.5, 0.6) is 0 Å². The van der Waals surface area contributed by atoms with Crippen LogP contribution in [0.15, 0.2) is 24.3 Å². The van der Waals surface area contributed by atoms with E-state index < -0.39 is 0 Å². The minimum atomic E-state index is 0.345. The van der Waals surface area contributed by atoms with Crippen molar-refractivity contribution in [2.24, 2.45) is 0 Å². The molecule has 3 nitrogen and oxygen atoms in total. The molecule has 1 heterocycles. The Morgan fingerprint density at radius 1 is 1.30 bits per heavy atom. The highest BCUT2D eigenvalue weighted by Crippen LogP contribution is 2.35. The normalized spacial score (nSPS) is 19.6. The molecule has 0 spiro atoms. The summed E-state index contributed by atoms with van der Waals surface area (Å²) >= 11 is 1.79. The number of nitrogens with zero attached hydrogens (tertiary/aromatic N) is 2. The van der Waals surface area contributed by atoms with Gasteiger partial charge in [-0.25, -0.2) is 0 Å². The van der Waals surface area contributed by atoms with Gasteiger partial charge >= 0.3 is 0 Å². The van der Waals surface area contributed by atoms with Crippen LogP contribution < -0.4 is 5.32 Å². The van der Waals surface area contributed by atoms with Crippen LogP contribution in [0, 0.1) is 0 Å². The zero-order valence-corrected chi connectivity index (χ0v) is 12.9. The van der Waals surface area contributed by atoms with Gasteiger partial charge < -0.3 is 5.32 Å². The number of benzene rings is 1. The van der Waals surface area contributed by atoms with Crippen LogP contribution in [0.3, 0.4) is 0 Å². The van der Waals surface area contributed by atoms with E-state index in [2.05, 4.69) is 46.7 Å². The summed E-state index contributed by atoms with van der Waals surface area (Å²) in [6.07, 6.45) is 4.53. The van der Waals surface area contributed by atoms with Gasteiger partial charge in [-0.3, -0.25) is 0 Å². The molecule has 106 valence electrons. The van der Waals surface area contributed by atoms with Crippen molar-refractivity contribution in [3.63, 3.8) is 0 Å². The molecular formula is C16H21N3S. The van der Waals surface area contributed by atoms with Gasteiger partial charge in [-0.05, 0) is 43.9 Å². The fourth-order valence-corrected chi connectivity index (χ4v) is 4.14. The topological polar surface area (TPSA) is 37.8 Å². The Hall–Kier alpha value is -1.26. The van der Waals surface area contributed by atoms with E-state index in [1.807, 2.05) is 7.05 Å². The van der Waals surface area contributed by atoms with Gasteiger partial charge in [0, 0.05) is 5.92 Å². The molecule has 1 aromatic heterocycles. The van der Waals surface area contributed by atoms with E-state index in [4.69, 9.17) is 0 Å². The first-order valence-corrected chi connectivity index (χ1v) is 8.20. The monoisotopic (exact) mass is 287 g/mol. The number of rotatable bonds is 4. The summed E-state index contributed by atoms with van der Waals surface area (Å²) in [5.74, 6) is 0.547. The Kier molecular flexibility index (Phi) is 4.13. The first kappa shape index (κ1) is 13.7. The number of nitrogens with one attached hydrogen (secondary N) is 1. The Morgan fingerprint density at radius 2 is 2.10 bits per heavy atom. The van der Waals surface area contributed by atoms with Crippen molar-refractivity contribution >= 4 is 11.3 Å². The standard InChI is InChI=1S/C16H21N3S/c1-3-14(17-2)16-19-18-15(20-16)13-9-8-11-6-4-5-7-12(11)10-13/h4-7,13-14,17H,3,8-10H2,1-2H3. The van der Waals surface area contributed by atoms with E-state index >= 15 is 0 Å². The molecule has 4 heteroatoms. The molecule has 1 aliphatic carbocycles. The third-order valence-corrected chi connectivity index (χ3v) is 5.41. The lowest BCUT2D eigenvalue weighted by Gasteiger charge is -2.22. The quantitative estimate of drug-likeness (QED) is 0.935. The van der Waals surface area contributed by atoms with Crippen molar-refractivity contribution in [1.29, 1.82) is 0 Å². The highest BCUT2D eigenvalue weighted by molar-refractivity contribution is 7.11. The third kappa shape index (κ3) is 2.63. The lowest BCUT2D eigenvalue weighted by molar-refractivity contribution is 0.562. The van der Waals surface area contributed by atoms with Crippen LogP contribution in [0.25, 0.3) is 0 Å². The largest absolute Gasteiger partial charge is 0.311 e. The second kappa shape index (κ2) is 6.02. The molecular weight excluding hydrogens is 266 g/mol. The maximum absolute atomic E-state index is 4.46. The average molecular weight is 287 g/mol. The Balaban J connectivity index is 1.78. The van der Waals surface area contributed by atoms with Gasteiger partial charge in [-0.2, -0.15) is 0 Å². The second-order valence-corrected chi connectivity index (χ2v) is 6.48. The van der Waals surface area contributed by atoms with Gasteiger partial charge in [0.15, 0.2) is 0 Å². The molecule has 0 saturated carbocycles. The van der Waals surface area contributed by atoms with Crippen LogP contribution in [0.1, 0.15) is 52.9 Å². The molecule has 0 saturated heterocycles. The van der Waals surface area contributed by atoms with E-state index in [1.165, 1.54) is 29.0 Å². The van der Waals surface area contributed by atoms with Gasteiger partial charge in [-0.1, -0.05) is 42.5 Å².